The molecule has 0 aliphatic heterocycles. The Kier molecular flexibility index (Phi) is 3.99. The fourth-order valence-corrected chi connectivity index (χ4v) is 1.41. The van der Waals surface area contributed by atoms with Gasteiger partial charge in [-0.3, -0.25) is 0 Å². The lowest BCUT2D eigenvalue weighted by atomic mass is 10.3. The second-order valence-corrected chi connectivity index (χ2v) is 3.68. The second-order valence-electron chi connectivity index (χ2n) is 3.68. The molecule has 0 bridgehead atoms. The molecule has 2 aromatic carbocycles. The van der Waals surface area contributed by atoms with Crippen molar-refractivity contribution in [1.29, 1.82) is 0 Å². The van der Waals surface area contributed by atoms with Gasteiger partial charge in [0.05, 0.1) is 0 Å². The van der Waals surface area contributed by atoms with Crippen molar-refractivity contribution in [3.8, 4) is 23.0 Å². The summed E-state index contributed by atoms with van der Waals surface area (Å²) in [6, 6.07) is 11.0. The molecule has 0 heterocycles. The van der Waals surface area contributed by atoms with E-state index < -0.39 is 6.36 Å². The van der Waals surface area contributed by atoms with Crippen molar-refractivity contribution in [1.82, 2.24) is 0 Å². The zero-order valence-electron chi connectivity index (χ0n) is 9.92. The molecular formula is C13H9F3O4. The van der Waals surface area contributed by atoms with Crippen LogP contribution in [0.5, 0.6) is 23.0 Å². The Morgan fingerprint density at radius 1 is 0.700 bits per heavy atom. The molecule has 0 aromatic heterocycles. The van der Waals surface area contributed by atoms with E-state index in [1.807, 2.05) is 0 Å². The lowest BCUT2D eigenvalue weighted by Crippen LogP contribution is -2.16. The number of halogens is 3. The maximum atomic E-state index is 12.0. The quantitative estimate of drug-likeness (QED) is 0.675. The summed E-state index contributed by atoms with van der Waals surface area (Å²) in [5.74, 6) is 0.702. The van der Waals surface area contributed by atoms with E-state index in [9.17, 15) is 13.2 Å². The highest BCUT2D eigenvalue weighted by Gasteiger charge is 2.30. The number of hydrogen-bond donors (Lipinski definition) is 1. The lowest BCUT2D eigenvalue weighted by molar-refractivity contribution is -0.274. The van der Waals surface area contributed by atoms with Crippen molar-refractivity contribution in [2.75, 3.05) is 0 Å². The first-order valence-electron chi connectivity index (χ1n) is 5.41. The first-order chi connectivity index (χ1) is 9.46. The van der Waals surface area contributed by atoms with E-state index in [1.165, 1.54) is 36.4 Å². The van der Waals surface area contributed by atoms with E-state index in [0.717, 1.165) is 12.1 Å². The van der Waals surface area contributed by atoms with Gasteiger partial charge in [0.1, 0.15) is 17.2 Å². The van der Waals surface area contributed by atoms with Crippen molar-refractivity contribution < 1.29 is 32.8 Å². The van der Waals surface area contributed by atoms with Gasteiger partial charge in [-0.1, -0.05) is 0 Å². The smallest absolute Gasteiger partial charge is 0.457 e. The molecule has 0 spiro atoms. The average molecular weight is 286 g/mol. The second kappa shape index (κ2) is 5.70. The molecule has 1 N–H and O–H groups in total. The fourth-order valence-electron chi connectivity index (χ4n) is 1.41. The summed E-state index contributed by atoms with van der Waals surface area (Å²) in [7, 11) is 0. The molecule has 0 aliphatic carbocycles. The average Bonchev–Trinajstić information content (AvgIpc) is 2.40. The molecule has 0 saturated heterocycles. The summed E-state index contributed by atoms with van der Waals surface area (Å²) in [6.45, 7) is 0. The van der Waals surface area contributed by atoms with Crippen molar-refractivity contribution in [3.63, 3.8) is 0 Å². The minimum absolute atomic E-state index is 0.242. The van der Waals surface area contributed by atoms with Crippen LogP contribution >= 0.6 is 0 Å². The highest BCUT2D eigenvalue weighted by Crippen LogP contribution is 2.28. The van der Waals surface area contributed by atoms with E-state index in [1.54, 1.807) is 0 Å². The van der Waals surface area contributed by atoms with Crippen molar-refractivity contribution >= 4 is 0 Å². The van der Waals surface area contributed by atoms with Gasteiger partial charge in [-0.25, -0.2) is 5.26 Å². The van der Waals surface area contributed by atoms with E-state index in [0.29, 0.717) is 11.5 Å². The van der Waals surface area contributed by atoms with Gasteiger partial charge in [0.15, 0.2) is 5.75 Å². The summed E-state index contributed by atoms with van der Waals surface area (Å²) in [5.41, 5.74) is 0. The first-order valence-corrected chi connectivity index (χ1v) is 5.41. The predicted molar refractivity (Wildman–Crippen MR) is 62.9 cm³/mol. The van der Waals surface area contributed by atoms with Crippen molar-refractivity contribution in [2.24, 2.45) is 0 Å². The molecule has 2 rings (SSSR count). The van der Waals surface area contributed by atoms with Crippen LogP contribution in [0.15, 0.2) is 48.5 Å². The molecule has 20 heavy (non-hydrogen) atoms. The van der Waals surface area contributed by atoms with Crippen LogP contribution in [0.25, 0.3) is 0 Å². The molecule has 2 aromatic rings. The summed E-state index contributed by atoms with van der Waals surface area (Å²) < 4.78 is 45.0. The lowest BCUT2D eigenvalue weighted by Gasteiger charge is -2.10. The number of ether oxygens (including phenoxy) is 2. The maximum Gasteiger partial charge on any atom is 0.573 e. The van der Waals surface area contributed by atoms with Crippen LogP contribution in [0.3, 0.4) is 0 Å². The van der Waals surface area contributed by atoms with Crippen LogP contribution < -0.4 is 14.4 Å². The van der Waals surface area contributed by atoms with Crippen LogP contribution in [-0.2, 0) is 0 Å². The summed E-state index contributed by atoms with van der Waals surface area (Å²) in [4.78, 5) is 4.00. The van der Waals surface area contributed by atoms with Gasteiger partial charge in [0, 0.05) is 0 Å². The van der Waals surface area contributed by atoms with Gasteiger partial charge in [-0.15, -0.1) is 13.2 Å². The molecule has 4 nitrogen and oxygen atoms in total. The molecular weight excluding hydrogens is 277 g/mol. The number of rotatable bonds is 4. The SMILES string of the molecule is OOc1ccc(Oc2ccc(OC(F)(F)F)cc2)cc1. The zero-order chi connectivity index (χ0) is 14.6. The van der Waals surface area contributed by atoms with Gasteiger partial charge in [-0.2, -0.15) is 0 Å². The third-order valence-corrected chi connectivity index (χ3v) is 2.22. The molecule has 0 saturated carbocycles. The highest BCUT2D eigenvalue weighted by molar-refractivity contribution is 5.37. The molecule has 0 unspecified atom stereocenters. The number of benzene rings is 2. The van der Waals surface area contributed by atoms with Crippen LogP contribution in [-0.4, -0.2) is 11.6 Å². The van der Waals surface area contributed by atoms with Crippen molar-refractivity contribution in [3.05, 3.63) is 48.5 Å². The van der Waals surface area contributed by atoms with E-state index in [2.05, 4.69) is 9.62 Å². The van der Waals surface area contributed by atoms with Crippen LogP contribution in [0.4, 0.5) is 13.2 Å². The molecule has 0 radical (unpaired) electrons. The maximum absolute atomic E-state index is 12.0. The van der Waals surface area contributed by atoms with Gasteiger partial charge in [0.2, 0.25) is 0 Å². The summed E-state index contributed by atoms with van der Waals surface area (Å²) in [6.07, 6.45) is -4.72. The monoisotopic (exact) mass is 286 g/mol. The Hall–Kier alpha value is -2.41. The van der Waals surface area contributed by atoms with Crippen LogP contribution in [0, 0.1) is 0 Å². The summed E-state index contributed by atoms with van der Waals surface area (Å²) in [5, 5.41) is 8.40. The Bertz CT molecular complexity index is 549. The molecule has 0 amide bonds. The Morgan fingerprint density at radius 2 is 1.10 bits per heavy atom. The van der Waals surface area contributed by atoms with E-state index in [4.69, 9.17) is 9.99 Å². The molecule has 0 fully saturated rings. The third kappa shape index (κ3) is 4.06. The Morgan fingerprint density at radius 3 is 1.50 bits per heavy atom. The standard InChI is InChI=1S/C13H9F3O4/c14-13(15,16)19-11-5-1-9(2-6-11)18-10-3-7-12(20-17)8-4-10/h1-8,17H. The van der Waals surface area contributed by atoms with Gasteiger partial charge < -0.3 is 14.4 Å². The first kappa shape index (κ1) is 14.0. The van der Waals surface area contributed by atoms with Gasteiger partial charge in [-0.05, 0) is 48.5 Å². The highest BCUT2D eigenvalue weighted by atomic mass is 19.4. The minimum atomic E-state index is -4.72. The third-order valence-electron chi connectivity index (χ3n) is 2.22. The molecule has 0 aliphatic rings. The summed E-state index contributed by atoms with van der Waals surface area (Å²) >= 11 is 0. The molecule has 0 atom stereocenters. The number of alkyl halides is 3. The number of hydrogen-bond acceptors (Lipinski definition) is 4. The largest absolute Gasteiger partial charge is 0.573 e. The Balaban J connectivity index is 2.02. The van der Waals surface area contributed by atoms with Gasteiger partial charge >= 0.3 is 6.36 Å². The normalized spacial score (nSPS) is 11.0. The molecule has 106 valence electrons. The van der Waals surface area contributed by atoms with Crippen LogP contribution in [0.2, 0.25) is 0 Å². The van der Waals surface area contributed by atoms with Crippen LogP contribution in [0.1, 0.15) is 0 Å². The fraction of sp³-hybridized carbons (Fsp3) is 0.0769. The van der Waals surface area contributed by atoms with E-state index in [-0.39, 0.29) is 11.5 Å². The van der Waals surface area contributed by atoms with Crippen molar-refractivity contribution in [2.45, 2.75) is 6.36 Å². The predicted octanol–water partition coefficient (Wildman–Crippen LogP) is 4.23. The van der Waals surface area contributed by atoms with E-state index >= 15 is 0 Å². The van der Waals surface area contributed by atoms with Gasteiger partial charge in [0.25, 0.3) is 0 Å². The Labute approximate surface area is 111 Å². The topological polar surface area (TPSA) is 47.9 Å². The zero-order valence-corrected chi connectivity index (χ0v) is 9.92. The minimum Gasteiger partial charge on any atom is -0.457 e. The molecule has 7 heteroatoms.